The molecule has 0 heterocycles. The average molecular weight is 187 g/mol. The van der Waals surface area contributed by atoms with Gasteiger partial charge in [-0.25, -0.2) is 0 Å². The van der Waals surface area contributed by atoms with Crippen molar-refractivity contribution in [2.24, 2.45) is 0 Å². The summed E-state index contributed by atoms with van der Waals surface area (Å²) in [5, 5.41) is 0.716. The van der Waals surface area contributed by atoms with E-state index < -0.39 is 0 Å². The SMILES string of the molecule is C=C(CCl)c1cccc(Cl)c1. The van der Waals surface area contributed by atoms with Crippen molar-refractivity contribution >= 4 is 28.8 Å². The molecule has 2 heteroatoms. The highest BCUT2D eigenvalue weighted by Gasteiger charge is 1.96. The van der Waals surface area contributed by atoms with Crippen LogP contribution in [0.2, 0.25) is 5.02 Å². The summed E-state index contributed by atoms with van der Waals surface area (Å²) < 4.78 is 0. The fraction of sp³-hybridized carbons (Fsp3) is 0.111. The van der Waals surface area contributed by atoms with Crippen molar-refractivity contribution in [1.29, 1.82) is 0 Å². The number of allylic oxidation sites excluding steroid dienone is 1. The molecule has 0 amide bonds. The molecule has 0 nitrogen and oxygen atoms in total. The van der Waals surface area contributed by atoms with Gasteiger partial charge in [0.1, 0.15) is 0 Å². The molecular weight excluding hydrogens is 179 g/mol. The summed E-state index contributed by atoms with van der Waals surface area (Å²) in [5.74, 6) is 0.445. The maximum Gasteiger partial charge on any atom is 0.0474 e. The zero-order chi connectivity index (χ0) is 8.27. The molecule has 0 fully saturated rings. The summed E-state index contributed by atoms with van der Waals surface area (Å²) in [6, 6.07) is 7.50. The third-order valence-corrected chi connectivity index (χ3v) is 1.95. The van der Waals surface area contributed by atoms with Gasteiger partial charge in [-0.3, -0.25) is 0 Å². The molecule has 0 unspecified atom stereocenters. The summed E-state index contributed by atoms with van der Waals surface area (Å²) in [6.07, 6.45) is 0. The van der Waals surface area contributed by atoms with Crippen molar-refractivity contribution in [1.82, 2.24) is 0 Å². The molecule has 0 spiro atoms. The lowest BCUT2D eigenvalue weighted by atomic mass is 10.1. The number of halogens is 2. The highest BCUT2D eigenvalue weighted by atomic mass is 35.5. The molecule has 0 aliphatic carbocycles. The molecule has 0 aliphatic rings. The summed E-state index contributed by atoms with van der Waals surface area (Å²) >= 11 is 11.4. The Morgan fingerprint density at radius 3 is 2.73 bits per heavy atom. The Bertz CT molecular complexity index is 266. The topological polar surface area (TPSA) is 0 Å². The standard InChI is InChI=1S/C9H8Cl2/c1-7(6-10)8-3-2-4-9(11)5-8/h2-5H,1,6H2. The second-order valence-corrected chi connectivity index (χ2v) is 2.95. The van der Waals surface area contributed by atoms with Crippen LogP contribution in [0.25, 0.3) is 5.57 Å². The van der Waals surface area contributed by atoms with E-state index in [0.717, 1.165) is 11.1 Å². The lowest BCUT2D eigenvalue weighted by molar-refractivity contribution is 1.58. The molecule has 11 heavy (non-hydrogen) atoms. The van der Waals surface area contributed by atoms with Crippen molar-refractivity contribution in [2.45, 2.75) is 0 Å². The van der Waals surface area contributed by atoms with Crippen LogP contribution >= 0.6 is 23.2 Å². The van der Waals surface area contributed by atoms with Crippen molar-refractivity contribution < 1.29 is 0 Å². The van der Waals surface area contributed by atoms with Crippen molar-refractivity contribution in [2.75, 3.05) is 5.88 Å². The highest BCUT2D eigenvalue weighted by molar-refractivity contribution is 6.30. The molecule has 0 aromatic heterocycles. The fourth-order valence-electron chi connectivity index (χ4n) is 0.786. The molecule has 0 atom stereocenters. The summed E-state index contributed by atoms with van der Waals surface area (Å²) in [6.45, 7) is 3.79. The van der Waals surface area contributed by atoms with E-state index in [2.05, 4.69) is 6.58 Å². The van der Waals surface area contributed by atoms with Crippen LogP contribution in [0.3, 0.4) is 0 Å². The third kappa shape index (κ3) is 2.25. The van der Waals surface area contributed by atoms with Crippen LogP contribution in [0, 0.1) is 0 Å². The predicted molar refractivity (Wildman–Crippen MR) is 51.2 cm³/mol. The third-order valence-electron chi connectivity index (χ3n) is 1.39. The van der Waals surface area contributed by atoms with E-state index in [1.165, 1.54) is 0 Å². The quantitative estimate of drug-likeness (QED) is 0.620. The maximum atomic E-state index is 5.76. The number of rotatable bonds is 2. The number of alkyl halides is 1. The summed E-state index contributed by atoms with van der Waals surface area (Å²) in [5.41, 5.74) is 1.90. The first-order chi connectivity index (χ1) is 5.24. The normalized spacial score (nSPS) is 9.64. The van der Waals surface area contributed by atoms with Crippen molar-refractivity contribution in [3.8, 4) is 0 Å². The van der Waals surface area contributed by atoms with Gasteiger partial charge in [0.05, 0.1) is 0 Å². The Balaban J connectivity index is 2.96. The van der Waals surface area contributed by atoms with Gasteiger partial charge in [0.2, 0.25) is 0 Å². The lowest BCUT2D eigenvalue weighted by Crippen LogP contribution is -1.82. The predicted octanol–water partition coefficient (Wildman–Crippen LogP) is 3.59. The Morgan fingerprint density at radius 1 is 1.45 bits per heavy atom. The Hall–Kier alpha value is -0.460. The van der Waals surface area contributed by atoms with Gasteiger partial charge < -0.3 is 0 Å². The van der Waals surface area contributed by atoms with Gasteiger partial charge in [-0.15, -0.1) is 11.6 Å². The van der Waals surface area contributed by atoms with E-state index in [1.54, 1.807) is 0 Å². The minimum absolute atomic E-state index is 0.445. The van der Waals surface area contributed by atoms with Crippen LogP contribution in [0.4, 0.5) is 0 Å². The van der Waals surface area contributed by atoms with Crippen LogP contribution in [0.5, 0.6) is 0 Å². The fourth-order valence-corrected chi connectivity index (χ4v) is 1.13. The molecule has 0 saturated heterocycles. The Labute approximate surface area is 76.4 Å². The van der Waals surface area contributed by atoms with Crippen LogP contribution in [-0.2, 0) is 0 Å². The van der Waals surface area contributed by atoms with Gasteiger partial charge in [-0.05, 0) is 23.3 Å². The van der Waals surface area contributed by atoms with E-state index in [-0.39, 0.29) is 0 Å². The second kappa shape index (κ2) is 3.80. The van der Waals surface area contributed by atoms with E-state index in [4.69, 9.17) is 23.2 Å². The Kier molecular flexibility index (Phi) is 2.98. The Morgan fingerprint density at radius 2 is 2.18 bits per heavy atom. The zero-order valence-electron chi connectivity index (χ0n) is 5.98. The first-order valence-corrected chi connectivity index (χ1v) is 4.15. The monoisotopic (exact) mass is 186 g/mol. The number of hydrogen-bond donors (Lipinski definition) is 0. The zero-order valence-corrected chi connectivity index (χ0v) is 7.49. The van der Waals surface area contributed by atoms with Crippen LogP contribution in [0.1, 0.15) is 5.56 Å². The van der Waals surface area contributed by atoms with Crippen molar-refractivity contribution in [3.63, 3.8) is 0 Å². The van der Waals surface area contributed by atoms with Gasteiger partial charge in [0, 0.05) is 10.9 Å². The van der Waals surface area contributed by atoms with E-state index in [1.807, 2.05) is 24.3 Å². The number of hydrogen-bond acceptors (Lipinski definition) is 0. The van der Waals surface area contributed by atoms with E-state index in [0.29, 0.717) is 10.9 Å². The van der Waals surface area contributed by atoms with Crippen LogP contribution in [-0.4, -0.2) is 5.88 Å². The first-order valence-electron chi connectivity index (χ1n) is 3.23. The first kappa shape index (κ1) is 8.63. The highest BCUT2D eigenvalue weighted by Crippen LogP contribution is 2.17. The molecule has 0 bridgehead atoms. The molecule has 0 radical (unpaired) electrons. The average Bonchev–Trinajstić information content (AvgIpc) is 2.03. The van der Waals surface area contributed by atoms with Gasteiger partial charge in [0.25, 0.3) is 0 Å². The molecule has 1 aromatic carbocycles. The van der Waals surface area contributed by atoms with E-state index >= 15 is 0 Å². The summed E-state index contributed by atoms with van der Waals surface area (Å²) in [4.78, 5) is 0. The van der Waals surface area contributed by atoms with E-state index in [9.17, 15) is 0 Å². The lowest BCUT2D eigenvalue weighted by Gasteiger charge is -2.00. The van der Waals surface area contributed by atoms with Crippen LogP contribution in [0.15, 0.2) is 30.8 Å². The molecular formula is C9H8Cl2. The molecule has 0 saturated carbocycles. The van der Waals surface area contributed by atoms with Gasteiger partial charge in [-0.2, -0.15) is 0 Å². The second-order valence-electron chi connectivity index (χ2n) is 2.25. The molecule has 1 rings (SSSR count). The smallest absolute Gasteiger partial charge is 0.0474 e. The summed E-state index contributed by atoms with van der Waals surface area (Å²) in [7, 11) is 0. The molecule has 1 aromatic rings. The molecule has 0 aliphatic heterocycles. The number of benzene rings is 1. The van der Waals surface area contributed by atoms with Gasteiger partial charge in [0.15, 0.2) is 0 Å². The van der Waals surface area contributed by atoms with Gasteiger partial charge in [-0.1, -0.05) is 30.3 Å². The minimum Gasteiger partial charge on any atom is -0.122 e. The largest absolute Gasteiger partial charge is 0.122 e. The van der Waals surface area contributed by atoms with Crippen molar-refractivity contribution in [3.05, 3.63) is 41.4 Å². The van der Waals surface area contributed by atoms with Crippen LogP contribution < -0.4 is 0 Å². The molecule has 0 N–H and O–H groups in total. The maximum absolute atomic E-state index is 5.76. The molecule has 58 valence electrons. The van der Waals surface area contributed by atoms with Gasteiger partial charge >= 0.3 is 0 Å². The minimum atomic E-state index is 0.445.